The van der Waals surface area contributed by atoms with Gasteiger partial charge in [0.25, 0.3) is 0 Å². The quantitative estimate of drug-likeness (QED) is 0.495. The van der Waals surface area contributed by atoms with Gasteiger partial charge < -0.3 is 4.90 Å². The van der Waals surface area contributed by atoms with Crippen LogP contribution in [0.2, 0.25) is 0 Å². The smallest absolute Gasteiger partial charge is 0.303 e. The largest absolute Gasteiger partial charge is 0.416 e. The highest BCUT2D eigenvalue weighted by Crippen LogP contribution is 2.35. The molecule has 33 heavy (non-hydrogen) atoms. The maximum absolute atomic E-state index is 13.4. The Balaban J connectivity index is 1.37. The summed E-state index contributed by atoms with van der Waals surface area (Å²) in [6.07, 6.45) is 1.12. The molecule has 0 spiro atoms. The van der Waals surface area contributed by atoms with Crippen molar-refractivity contribution in [3.63, 3.8) is 0 Å². The third-order valence-corrected chi connectivity index (χ3v) is 8.60. The lowest BCUT2D eigenvalue weighted by Crippen LogP contribution is -2.48. The molecule has 0 atom stereocenters. The Kier molecular flexibility index (Phi) is 7.46. The molecule has 0 aromatic heterocycles. The third-order valence-electron chi connectivity index (χ3n) is 6.67. The van der Waals surface area contributed by atoms with Crippen molar-refractivity contribution in [2.45, 2.75) is 55.6 Å². The molecule has 1 aliphatic heterocycles. The number of nitrogens with zero attached hydrogens (tertiary/aromatic N) is 2. The average Bonchev–Trinajstić information content (AvgIpc) is 3.63. The topological polar surface area (TPSA) is 40.6 Å². The van der Waals surface area contributed by atoms with Crippen molar-refractivity contribution in [3.05, 3.63) is 65.7 Å². The Morgan fingerprint density at radius 3 is 2.12 bits per heavy atom. The Labute approximate surface area is 194 Å². The SMILES string of the molecule is O=S(=O)(c1ccc(C(F)(F)F)cc1)N(CC1CC1)C1CCN(CCCc2ccccc2)CC1. The summed E-state index contributed by atoms with van der Waals surface area (Å²) in [5.74, 6) is 0.359. The fourth-order valence-corrected chi connectivity index (χ4v) is 6.29. The Morgan fingerprint density at radius 2 is 1.55 bits per heavy atom. The van der Waals surface area contributed by atoms with Crippen LogP contribution in [-0.4, -0.2) is 49.8 Å². The Hall–Kier alpha value is -1.90. The molecule has 0 bridgehead atoms. The van der Waals surface area contributed by atoms with Crippen LogP contribution in [0.4, 0.5) is 13.2 Å². The number of hydrogen-bond donors (Lipinski definition) is 0. The first-order valence-corrected chi connectivity index (χ1v) is 13.1. The van der Waals surface area contributed by atoms with E-state index in [-0.39, 0.29) is 10.9 Å². The lowest BCUT2D eigenvalue weighted by molar-refractivity contribution is -0.137. The molecule has 0 radical (unpaired) electrons. The summed E-state index contributed by atoms with van der Waals surface area (Å²) in [5, 5.41) is 0. The van der Waals surface area contributed by atoms with Gasteiger partial charge in [0.1, 0.15) is 0 Å². The van der Waals surface area contributed by atoms with Gasteiger partial charge in [0.05, 0.1) is 10.5 Å². The monoisotopic (exact) mass is 480 g/mol. The molecular weight excluding hydrogens is 449 g/mol. The predicted molar refractivity (Wildman–Crippen MR) is 122 cm³/mol. The molecule has 4 rings (SSSR count). The number of likely N-dealkylation sites (tertiary alicyclic amines) is 1. The second-order valence-electron chi connectivity index (χ2n) is 9.20. The second kappa shape index (κ2) is 10.2. The van der Waals surface area contributed by atoms with E-state index in [0.29, 0.717) is 12.5 Å². The summed E-state index contributed by atoms with van der Waals surface area (Å²) in [7, 11) is -3.84. The molecule has 2 aromatic rings. The Morgan fingerprint density at radius 1 is 0.909 bits per heavy atom. The molecule has 8 heteroatoms. The van der Waals surface area contributed by atoms with Crippen molar-refractivity contribution in [3.8, 4) is 0 Å². The zero-order valence-electron chi connectivity index (χ0n) is 18.7. The minimum Gasteiger partial charge on any atom is -0.303 e. The number of aryl methyl sites for hydroxylation is 1. The summed E-state index contributed by atoms with van der Waals surface area (Å²) in [5.41, 5.74) is 0.490. The predicted octanol–water partition coefficient (Wildman–Crippen LogP) is 5.20. The lowest BCUT2D eigenvalue weighted by Gasteiger charge is -2.38. The first-order chi connectivity index (χ1) is 15.7. The highest BCUT2D eigenvalue weighted by molar-refractivity contribution is 7.89. The molecule has 180 valence electrons. The van der Waals surface area contributed by atoms with Gasteiger partial charge in [-0.2, -0.15) is 17.5 Å². The van der Waals surface area contributed by atoms with E-state index >= 15 is 0 Å². The molecule has 2 aromatic carbocycles. The van der Waals surface area contributed by atoms with E-state index in [1.54, 1.807) is 4.31 Å². The zero-order valence-corrected chi connectivity index (χ0v) is 19.5. The normalized spacial score (nSPS) is 18.7. The second-order valence-corrected chi connectivity index (χ2v) is 11.1. The van der Waals surface area contributed by atoms with Gasteiger partial charge in [-0.05, 0) is 93.9 Å². The summed E-state index contributed by atoms with van der Waals surface area (Å²) < 4.78 is 67.1. The fourth-order valence-electron chi connectivity index (χ4n) is 4.53. The van der Waals surface area contributed by atoms with E-state index in [4.69, 9.17) is 0 Å². The number of benzene rings is 2. The van der Waals surface area contributed by atoms with E-state index in [0.717, 1.165) is 82.4 Å². The number of halogens is 3. The number of sulfonamides is 1. The van der Waals surface area contributed by atoms with Crippen LogP contribution in [0.15, 0.2) is 59.5 Å². The van der Waals surface area contributed by atoms with Gasteiger partial charge in [0.2, 0.25) is 10.0 Å². The maximum atomic E-state index is 13.4. The summed E-state index contributed by atoms with van der Waals surface area (Å²) in [4.78, 5) is 2.33. The fraction of sp³-hybridized carbons (Fsp3) is 0.520. The van der Waals surface area contributed by atoms with Crippen LogP contribution < -0.4 is 0 Å². The standard InChI is InChI=1S/C25H31F3N2O2S/c26-25(27,28)22-10-12-24(13-11-22)33(31,32)30(19-21-8-9-21)23-14-17-29(18-15-23)16-4-7-20-5-2-1-3-6-20/h1-3,5-6,10-13,21,23H,4,7-9,14-19H2. The van der Waals surface area contributed by atoms with Crippen LogP contribution in [0.1, 0.15) is 43.2 Å². The van der Waals surface area contributed by atoms with Gasteiger partial charge in [0.15, 0.2) is 0 Å². The molecule has 0 N–H and O–H groups in total. The van der Waals surface area contributed by atoms with Crippen LogP contribution in [0, 0.1) is 5.92 Å². The van der Waals surface area contributed by atoms with Crippen LogP contribution in [0.5, 0.6) is 0 Å². The van der Waals surface area contributed by atoms with Crippen LogP contribution >= 0.6 is 0 Å². The number of rotatable bonds is 9. The lowest BCUT2D eigenvalue weighted by atomic mass is 10.0. The first kappa shape index (κ1) is 24.2. The summed E-state index contributed by atoms with van der Waals surface area (Å²) in [6, 6.07) is 14.2. The Bertz CT molecular complexity index is 998. The number of alkyl halides is 3. The average molecular weight is 481 g/mol. The van der Waals surface area contributed by atoms with Crippen molar-refractivity contribution in [2.75, 3.05) is 26.2 Å². The molecule has 0 amide bonds. The van der Waals surface area contributed by atoms with Crippen molar-refractivity contribution < 1.29 is 21.6 Å². The number of hydrogen-bond acceptors (Lipinski definition) is 3. The molecule has 2 fully saturated rings. The van der Waals surface area contributed by atoms with Crippen LogP contribution in [-0.2, 0) is 22.6 Å². The van der Waals surface area contributed by atoms with E-state index in [2.05, 4.69) is 17.0 Å². The van der Waals surface area contributed by atoms with Crippen molar-refractivity contribution in [1.29, 1.82) is 0 Å². The molecule has 1 heterocycles. The minimum absolute atomic E-state index is 0.0542. The van der Waals surface area contributed by atoms with Crippen molar-refractivity contribution >= 4 is 10.0 Å². The van der Waals surface area contributed by atoms with E-state index in [1.165, 1.54) is 5.56 Å². The number of piperidine rings is 1. The van der Waals surface area contributed by atoms with E-state index in [1.807, 2.05) is 18.2 Å². The molecule has 0 unspecified atom stereocenters. The van der Waals surface area contributed by atoms with Crippen molar-refractivity contribution in [2.24, 2.45) is 5.92 Å². The van der Waals surface area contributed by atoms with Gasteiger partial charge in [-0.25, -0.2) is 8.42 Å². The summed E-state index contributed by atoms with van der Waals surface area (Å²) >= 11 is 0. The third kappa shape index (κ3) is 6.37. The molecule has 1 saturated heterocycles. The maximum Gasteiger partial charge on any atom is 0.416 e. The highest BCUT2D eigenvalue weighted by Gasteiger charge is 2.38. The van der Waals surface area contributed by atoms with Gasteiger partial charge >= 0.3 is 6.18 Å². The van der Waals surface area contributed by atoms with Gasteiger partial charge in [0, 0.05) is 12.6 Å². The molecular formula is C25H31F3N2O2S. The molecule has 1 aliphatic carbocycles. The van der Waals surface area contributed by atoms with Crippen molar-refractivity contribution in [1.82, 2.24) is 9.21 Å². The molecule has 2 aliphatic rings. The van der Waals surface area contributed by atoms with Gasteiger partial charge in [-0.1, -0.05) is 30.3 Å². The zero-order chi connectivity index (χ0) is 23.5. The molecule has 1 saturated carbocycles. The van der Waals surface area contributed by atoms with E-state index < -0.39 is 21.8 Å². The highest BCUT2D eigenvalue weighted by atomic mass is 32.2. The minimum atomic E-state index is -4.48. The van der Waals surface area contributed by atoms with Gasteiger partial charge in [-0.15, -0.1) is 0 Å². The van der Waals surface area contributed by atoms with Crippen LogP contribution in [0.25, 0.3) is 0 Å². The van der Waals surface area contributed by atoms with Gasteiger partial charge in [-0.3, -0.25) is 0 Å². The first-order valence-electron chi connectivity index (χ1n) is 11.7. The van der Waals surface area contributed by atoms with Crippen LogP contribution in [0.3, 0.4) is 0 Å². The van der Waals surface area contributed by atoms with E-state index in [9.17, 15) is 21.6 Å². The summed E-state index contributed by atoms with van der Waals surface area (Å²) in [6.45, 7) is 3.12. The molecule has 4 nitrogen and oxygen atoms in total.